The van der Waals surface area contributed by atoms with E-state index in [0.717, 1.165) is 6.54 Å². The van der Waals surface area contributed by atoms with Gasteiger partial charge in [-0.05, 0) is 19.1 Å². The Balaban J connectivity index is 0.000000561. The third-order valence-corrected chi connectivity index (χ3v) is 1.24. The molecule has 0 spiro atoms. The van der Waals surface area contributed by atoms with Gasteiger partial charge in [-0.15, -0.1) is 0 Å². The fourth-order valence-electron chi connectivity index (χ4n) is 0.795. The summed E-state index contributed by atoms with van der Waals surface area (Å²) in [7, 11) is 0. The molecule has 0 fully saturated rings. The highest BCUT2D eigenvalue weighted by Crippen LogP contribution is 2.10. The van der Waals surface area contributed by atoms with Gasteiger partial charge in [-0.25, -0.2) is 4.39 Å². The van der Waals surface area contributed by atoms with Gasteiger partial charge in [0.2, 0.25) is 0 Å². The number of hydrogen-bond acceptors (Lipinski definition) is 1. The molecule has 68 valence electrons. The molecule has 1 rings (SSSR count). The first-order chi connectivity index (χ1) is 5.84. The summed E-state index contributed by atoms with van der Waals surface area (Å²) in [6.07, 6.45) is 0. The van der Waals surface area contributed by atoms with Crippen molar-refractivity contribution < 1.29 is 4.39 Å². The standard InChI is InChI=1S/C8H10FN.C2H6/c1-2-10-8-6-4-3-5-7(8)9;1-2/h3-6,10H,2H2,1H3;1-2H3. The third kappa shape index (κ3) is 3.37. The Labute approximate surface area is 73.6 Å². The van der Waals surface area contributed by atoms with Crippen LogP contribution >= 0.6 is 0 Å². The van der Waals surface area contributed by atoms with Crippen LogP contribution in [0.4, 0.5) is 10.1 Å². The molecule has 1 N–H and O–H groups in total. The van der Waals surface area contributed by atoms with E-state index in [1.54, 1.807) is 18.2 Å². The van der Waals surface area contributed by atoms with Gasteiger partial charge in [-0.3, -0.25) is 0 Å². The Hall–Kier alpha value is -1.05. The Morgan fingerprint density at radius 3 is 2.33 bits per heavy atom. The van der Waals surface area contributed by atoms with Crippen LogP contribution in [0, 0.1) is 5.82 Å². The number of nitrogens with one attached hydrogen (secondary N) is 1. The largest absolute Gasteiger partial charge is 0.383 e. The molecule has 0 atom stereocenters. The maximum atomic E-state index is 12.7. The fraction of sp³-hybridized carbons (Fsp3) is 0.400. The molecule has 0 amide bonds. The summed E-state index contributed by atoms with van der Waals surface area (Å²) in [4.78, 5) is 0. The van der Waals surface area contributed by atoms with Crippen LogP contribution < -0.4 is 5.32 Å². The van der Waals surface area contributed by atoms with Crippen molar-refractivity contribution in [3.05, 3.63) is 30.1 Å². The van der Waals surface area contributed by atoms with Crippen molar-refractivity contribution in [3.8, 4) is 0 Å². The minimum absolute atomic E-state index is 0.190. The van der Waals surface area contributed by atoms with E-state index in [0.29, 0.717) is 5.69 Å². The number of hydrogen-bond donors (Lipinski definition) is 1. The zero-order chi connectivity index (χ0) is 9.40. The second-order valence-electron chi connectivity index (χ2n) is 2.01. The molecular formula is C10H16FN. The van der Waals surface area contributed by atoms with Gasteiger partial charge in [0.1, 0.15) is 5.82 Å². The quantitative estimate of drug-likeness (QED) is 0.716. The van der Waals surface area contributed by atoms with Crippen molar-refractivity contribution >= 4 is 5.69 Å². The fourth-order valence-corrected chi connectivity index (χ4v) is 0.795. The third-order valence-electron chi connectivity index (χ3n) is 1.24. The first-order valence-electron chi connectivity index (χ1n) is 4.33. The van der Waals surface area contributed by atoms with Gasteiger partial charge in [0.05, 0.1) is 5.69 Å². The Morgan fingerprint density at radius 1 is 1.25 bits per heavy atom. The molecule has 0 aliphatic rings. The minimum atomic E-state index is -0.190. The van der Waals surface area contributed by atoms with E-state index >= 15 is 0 Å². The maximum absolute atomic E-state index is 12.7. The molecular weight excluding hydrogens is 153 g/mol. The van der Waals surface area contributed by atoms with E-state index in [4.69, 9.17) is 0 Å². The van der Waals surface area contributed by atoms with Crippen molar-refractivity contribution in [3.63, 3.8) is 0 Å². The molecule has 0 radical (unpaired) electrons. The summed E-state index contributed by atoms with van der Waals surface area (Å²) in [6.45, 7) is 6.69. The summed E-state index contributed by atoms with van der Waals surface area (Å²) in [5, 5.41) is 2.90. The van der Waals surface area contributed by atoms with Crippen LogP contribution in [-0.4, -0.2) is 6.54 Å². The van der Waals surface area contributed by atoms with Gasteiger partial charge < -0.3 is 5.32 Å². The molecule has 0 aliphatic heterocycles. The normalized spacial score (nSPS) is 8.33. The van der Waals surface area contributed by atoms with E-state index in [1.807, 2.05) is 20.8 Å². The highest BCUT2D eigenvalue weighted by molar-refractivity contribution is 5.43. The number of benzene rings is 1. The van der Waals surface area contributed by atoms with E-state index in [9.17, 15) is 4.39 Å². The van der Waals surface area contributed by atoms with E-state index < -0.39 is 0 Å². The van der Waals surface area contributed by atoms with E-state index in [-0.39, 0.29) is 5.82 Å². The molecule has 0 saturated heterocycles. The van der Waals surface area contributed by atoms with E-state index in [2.05, 4.69) is 5.32 Å². The number of anilines is 1. The van der Waals surface area contributed by atoms with Crippen LogP contribution in [0.1, 0.15) is 20.8 Å². The second-order valence-corrected chi connectivity index (χ2v) is 2.01. The molecule has 0 aromatic heterocycles. The van der Waals surface area contributed by atoms with Crippen LogP contribution in [0.25, 0.3) is 0 Å². The molecule has 0 unspecified atom stereocenters. The van der Waals surface area contributed by atoms with Crippen molar-refractivity contribution in [1.82, 2.24) is 0 Å². The van der Waals surface area contributed by atoms with Crippen molar-refractivity contribution in [2.24, 2.45) is 0 Å². The zero-order valence-electron chi connectivity index (χ0n) is 7.89. The highest BCUT2D eigenvalue weighted by Gasteiger charge is 1.95. The van der Waals surface area contributed by atoms with Crippen LogP contribution in [0.3, 0.4) is 0 Å². The summed E-state index contributed by atoms with van der Waals surface area (Å²) < 4.78 is 12.7. The lowest BCUT2D eigenvalue weighted by Gasteiger charge is -2.01. The maximum Gasteiger partial charge on any atom is 0.146 e. The van der Waals surface area contributed by atoms with Gasteiger partial charge in [-0.1, -0.05) is 26.0 Å². The first-order valence-corrected chi connectivity index (χ1v) is 4.33. The average molecular weight is 169 g/mol. The lowest BCUT2D eigenvalue weighted by Crippen LogP contribution is -1.98. The molecule has 0 heterocycles. The van der Waals surface area contributed by atoms with Gasteiger partial charge in [0.25, 0.3) is 0 Å². The summed E-state index contributed by atoms with van der Waals surface area (Å²) in [5.41, 5.74) is 0.574. The smallest absolute Gasteiger partial charge is 0.146 e. The molecule has 2 heteroatoms. The summed E-state index contributed by atoms with van der Waals surface area (Å²) in [6, 6.07) is 6.65. The van der Waals surface area contributed by atoms with Crippen molar-refractivity contribution in [1.29, 1.82) is 0 Å². The van der Waals surface area contributed by atoms with Gasteiger partial charge >= 0.3 is 0 Å². The molecule has 1 aromatic carbocycles. The average Bonchev–Trinajstić information content (AvgIpc) is 2.13. The first kappa shape index (κ1) is 11.0. The topological polar surface area (TPSA) is 12.0 Å². The van der Waals surface area contributed by atoms with Gasteiger partial charge in [0, 0.05) is 6.54 Å². The summed E-state index contributed by atoms with van der Waals surface area (Å²) >= 11 is 0. The van der Waals surface area contributed by atoms with Crippen LogP contribution in [0.15, 0.2) is 24.3 Å². The minimum Gasteiger partial charge on any atom is -0.383 e. The Kier molecular flexibility index (Phi) is 6.07. The second kappa shape index (κ2) is 6.65. The molecule has 0 bridgehead atoms. The van der Waals surface area contributed by atoms with E-state index in [1.165, 1.54) is 6.07 Å². The molecule has 1 nitrogen and oxygen atoms in total. The van der Waals surface area contributed by atoms with Crippen molar-refractivity contribution in [2.45, 2.75) is 20.8 Å². The van der Waals surface area contributed by atoms with Crippen LogP contribution in [0.5, 0.6) is 0 Å². The molecule has 12 heavy (non-hydrogen) atoms. The molecule has 0 aliphatic carbocycles. The lowest BCUT2D eigenvalue weighted by molar-refractivity contribution is 0.630. The highest BCUT2D eigenvalue weighted by atomic mass is 19.1. The van der Waals surface area contributed by atoms with Crippen molar-refractivity contribution in [2.75, 3.05) is 11.9 Å². The SMILES string of the molecule is CC.CCNc1ccccc1F. The zero-order valence-corrected chi connectivity index (χ0v) is 7.89. The predicted molar refractivity (Wildman–Crippen MR) is 51.9 cm³/mol. The Bertz CT molecular complexity index is 211. The molecule has 1 aromatic rings. The number of halogens is 1. The Morgan fingerprint density at radius 2 is 1.83 bits per heavy atom. The molecule has 0 saturated carbocycles. The van der Waals surface area contributed by atoms with Crippen LogP contribution in [0.2, 0.25) is 0 Å². The lowest BCUT2D eigenvalue weighted by atomic mass is 10.3. The van der Waals surface area contributed by atoms with Gasteiger partial charge in [0.15, 0.2) is 0 Å². The van der Waals surface area contributed by atoms with Crippen LogP contribution in [-0.2, 0) is 0 Å². The predicted octanol–water partition coefficient (Wildman–Crippen LogP) is 3.28. The summed E-state index contributed by atoms with van der Waals surface area (Å²) in [5.74, 6) is -0.190. The van der Waals surface area contributed by atoms with Gasteiger partial charge in [-0.2, -0.15) is 0 Å². The number of rotatable bonds is 2. The monoisotopic (exact) mass is 169 g/mol. The number of para-hydroxylation sites is 1.